The Morgan fingerprint density at radius 2 is 2.14 bits per heavy atom. The first-order valence-corrected chi connectivity index (χ1v) is 3.08. The molecule has 0 aromatic rings. The van der Waals surface area contributed by atoms with Crippen molar-refractivity contribution in [3.05, 3.63) is 0 Å². The van der Waals surface area contributed by atoms with Gasteiger partial charge in [0.1, 0.15) is 0 Å². The molecule has 7 heavy (non-hydrogen) atoms. The molecule has 0 saturated carbocycles. The highest BCUT2D eigenvalue weighted by molar-refractivity contribution is 7.80. The molecule has 0 bridgehead atoms. The number of rotatable bonds is 2. The molecule has 0 unspecified atom stereocenters. The second-order valence-electron chi connectivity index (χ2n) is 1.71. The molecule has 0 amide bonds. The summed E-state index contributed by atoms with van der Waals surface area (Å²) in [6.07, 6.45) is 0. The van der Waals surface area contributed by atoms with Crippen LogP contribution in [0.3, 0.4) is 0 Å². The summed E-state index contributed by atoms with van der Waals surface area (Å²) in [6.45, 7) is 5.25. The average molecular weight is 119 g/mol. The molecule has 0 heterocycles. The van der Waals surface area contributed by atoms with E-state index in [2.05, 4.69) is 38.4 Å². The standard InChI is InChI=1S/C5H13NS/c1-4-6(3)5(2)7/h5,7H,4H2,1-3H3/t5-/m0/s1. The molecule has 0 aliphatic rings. The third-order valence-corrected chi connectivity index (χ3v) is 1.53. The monoisotopic (exact) mass is 119 g/mol. The van der Waals surface area contributed by atoms with Gasteiger partial charge >= 0.3 is 0 Å². The molecule has 0 aromatic heterocycles. The van der Waals surface area contributed by atoms with Gasteiger partial charge in [-0.15, -0.1) is 0 Å². The fourth-order valence-corrected chi connectivity index (χ4v) is 0.428. The molecule has 0 rings (SSSR count). The fraction of sp³-hybridized carbons (Fsp3) is 1.00. The van der Waals surface area contributed by atoms with Crippen LogP contribution in [0.2, 0.25) is 0 Å². The van der Waals surface area contributed by atoms with E-state index >= 15 is 0 Å². The smallest absolute Gasteiger partial charge is 0.0496 e. The minimum absolute atomic E-state index is 0.394. The lowest BCUT2D eigenvalue weighted by atomic mass is 10.6. The zero-order valence-corrected chi connectivity index (χ0v) is 6.07. The highest BCUT2D eigenvalue weighted by Gasteiger charge is 1.96. The summed E-state index contributed by atoms with van der Waals surface area (Å²) in [4.78, 5) is 2.16. The number of nitrogens with zero attached hydrogens (tertiary/aromatic N) is 1. The first-order valence-electron chi connectivity index (χ1n) is 2.56. The lowest BCUT2D eigenvalue weighted by Crippen LogP contribution is -2.23. The van der Waals surface area contributed by atoms with Gasteiger partial charge in [-0.1, -0.05) is 6.92 Å². The van der Waals surface area contributed by atoms with Crippen molar-refractivity contribution in [1.82, 2.24) is 4.90 Å². The topological polar surface area (TPSA) is 3.24 Å². The molecule has 44 valence electrons. The van der Waals surface area contributed by atoms with Crippen molar-refractivity contribution < 1.29 is 0 Å². The summed E-state index contributed by atoms with van der Waals surface area (Å²) in [5.41, 5.74) is 0. The summed E-state index contributed by atoms with van der Waals surface area (Å²) >= 11 is 4.20. The first-order chi connectivity index (χ1) is 3.18. The zero-order chi connectivity index (χ0) is 5.86. The van der Waals surface area contributed by atoms with Crippen LogP contribution in [0, 0.1) is 0 Å². The number of hydrogen-bond acceptors (Lipinski definition) is 2. The van der Waals surface area contributed by atoms with E-state index in [-0.39, 0.29) is 0 Å². The van der Waals surface area contributed by atoms with Crippen LogP contribution in [0.15, 0.2) is 0 Å². The zero-order valence-electron chi connectivity index (χ0n) is 5.18. The molecule has 0 fully saturated rings. The van der Waals surface area contributed by atoms with E-state index in [0.717, 1.165) is 6.54 Å². The normalized spacial score (nSPS) is 15.0. The van der Waals surface area contributed by atoms with Crippen LogP contribution in [0.25, 0.3) is 0 Å². The Morgan fingerprint density at radius 3 is 2.14 bits per heavy atom. The summed E-state index contributed by atoms with van der Waals surface area (Å²) in [5.74, 6) is 0. The molecule has 0 radical (unpaired) electrons. The molecule has 0 aliphatic carbocycles. The van der Waals surface area contributed by atoms with E-state index in [4.69, 9.17) is 0 Å². The van der Waals surface area contributed by atoms with E-state index < -0.39 is 0 Å². The first kappa shape index (κ1) is 7.31. The van der Waals surface area contributed by atoms with E-state index in [1.54, 1.807) is 0 Å². The van der Waals surface area contributed by atoms with Crippen molar-refractivity contribution >= 4 is 12.6 Å². The van der Waals surface area contributed by atoms with Gasteiger partial charge in [0.15, 0.2) is 0 Å². The SMILES string of the molecule is CCN(C)[C@H](C)S. The molecule has 2 heteroatoms. The van der Waals surface area contributed by atoms with E-state index in [1.165, 1.54) is 0 Å². The van der Waals surface area contributed by atoms with Crippen molar-refractivity contribution in [1.29, 1.82) is 0 Å². The van der Waals surface area contributed by atoms with Gasteiger partial charge < -0.3 is 0 Å². The largest absolute Gasteiger partial charge is 0.295 e. The quantitative estimate of drug-likeness (QED) is 0.422. The summed E-state index contributed by atoms with van der Waals surface area (Å²) in [7, 11) is 2.05. The second-order valence-corrected chi connectivity index (χ2v) is 2.45. The predicted octanol–water partition coefficient (Wildman–Crippen LogP) is 1.21. The Bertz CT molecular complexity index is 45.3. The van der Waals surface area contributed by atoms with Gasteiger partial charge in [0.05, 0.1) is 0 Å². The molecule has 1 nitrogen and oxygen atoms in total. The Kier molecular flexibility index (Phi) is 3.48. The lowest BCUT2D eigenvalue weighted by Gasteiger charge is -2.16. The van der Waals surface area contributed by atoms with Gasteiger partial charge in [-0.3, -0.25) is 4.90 Å². The van der Waals surface area contributed by atoms with Crippen LogP contribution >= 0.6 is 12.6 Å². The minimum Gasteiger partial charge on any atom is -0.295 e. The highest BCUT2D eigenvalue weighted by Crippen LogP contribution is 1.96. The molecule has 1 atom stereocenters. The minimum atomic E-state index is 0.394. The summed E-state index contributed by atoms with van der Waals surface area (Å²) in [6, 6.07) is 0. The summed E-state index contributed by atoms with van der Waals surface area (Å²) < 4.78 is 0. The van der Waals surface area contributed by atoms with Gasteiger partial charge in [-0.25, -0.2) is 0 Å². The molecule has 0 aliphatic heterocycles. The maximum absolute atomic E-state index is 4.20. The lowest BCUT2D eigenvalue weighted by molar-refractivity contribution is 0.348. The van der Waals surface area contributed by atoms with Gasteiger partial charge in [0.2, 0.25) is 0 Å². The molecule has 0 N–H and O–H groups in total. The second kappa shape index (κ2) is 3.33. The Morgan fingerprint density at radius 1 is 1.71 bits per heavy atom. The maximum Gasteiger partial charge on any atom is 0.0496 e. The van der Waals surface area contributed by atoms with Crippen LogP contribution in [0.4, 0.5) is 0 Å². The van der Waals surface area contributed by atoms with E-state index in [9.17, 15) is 0 Å². The van der Waals surface area contributed by atoms with Crippen molar-refractivity contribution in [3.63, 3.8) is 0 Å². The Hall–Kier alpha value is 0.310. The number of thiol groups is 1. The molecular formula is C5H13NS. The molecular weight excluding hydrogens is 106 g/mol. The summed E-state index contributed by atoms with van der Waals surface area (Å²) in [5, 5.41) is 0.394. The van der Waals surface area contributed by atoms with Crippen LogP contribution < -0.4 is 0 Å². The third-order valence-electron chi connectivity index (χ3n) is 1.14. The van der Waals surface area contributed by atoms with Crippen LogP contribution in [-0.4, -0.2) is 23.9 Å². The van der Waals surface area contributed by atoms with Gasteiger partial charge in [0, 0.05) is 5.37 Å². The number of hydrogen-bond donors (Lipinski definition) is 1. The van der Waals surface area contributed by atoms with Crippen molar-refractivity contribution in [2.24, 2.45) is 0 Å². The van der Waals surface area contributed by atoms with Crippen molar-refractivity contribution in [3.8, 4) is 0 Å². The van der Waals surface area contributed by atoms with Crippen molar-refractivity contribution in [2.75, 3.05) is 13.6 Å². The maximum atomic E-state index is 4.20. The van der Waals surface area contributed by atoms with Gasteiger partial charge in [0.25, 0.3) is 0 Å². The van der Waals surface area contributed by atoms with Crippen LogP contribution in [0.1, 0.15) is 13.8 Å². The molecule has 0 aromatic carbocycles. The Labute approximate surface area is 51.1 Å². The van der Waals surface area contributed by atoms with Gasteiger partial charge in [-0.05, 0) is 20.5 Å². The highest BCUT2D eigenvalue weighted by atomic mass is 32.1. The van der Waals surface area contributed by atoms with Crippen molar-refractivity contribution in [2.45, 2.75) is 19.2 Å². The Balaban J connectivity index is 3.14. The fourth-order valence-electron chi connectivity index (χ4n) is 0.264. The van der Waals surface area contributed by atoms with Gasteiger partial charge in [-0.2, -0.15) is 12.6 Å². The molecule has 0 saturated heterocycles. The van der Waals surface area contributed by atoms with Crippen LogP contribution in [-0.2, 0) is 0 Å². The predicted molar refractivity (Wildman–Crippen MR) is 36.8 cm³/mol. The van der Waals surface area contributed by atoms with E-state index in [1.807, 2.05) is 0 Å². The van der Waals surface area contributed by atoms with E-state index in [0.29, 0.717) is 5.37 Å². The third kappa shape index (κ3) is 2.94. The molecule has 0 spiro atoms. The average Bonchev–Trinajstić information content (AvgIpc) is 1.65. The van der Waals surface area contributed by atoms with Crippen LogP contribution in [0.5, 0.6) is 0 Å².